The Kier molecular flexibility index (Phi) is 4.76. The SMILES string of the molecule is Cn1cccc1C1CCCCCN1C(=O)CN1CCSC1=O. The van der Waals surface area contributed by atoms with Crippen LogP contribution in [0.2, 0.25) is 0 Å². The van der Waals surface area contributed by atoms with Crippen LogP contribution in [0.25, 0.3) is 0 Å². The average Bonchev–Trinajstić information content (AvgIpc) is 3.00. The van der Waals surface area contributed by atoms with Crippen molar-refractivity contribution in [1.82, 2.24) is 14.4 Å². The molecule has 2 aliphatic heterocycles. The Labute approximate surface area is 135 Å². The van der Waals surface area contributed by atoms with E-state index in [2.05, 4.69) is 10.6 Å². The minimum Gasteiger partial charge on any atom is -0.353 e. The number of carbonyl (C=O) groups excluding carboxylic acids is 2. The van der Waals surface area contributed by atoms with E-state index in [4.69, 9.17) is 0 Å². The number of amides is 2. The molecule has 2 saturated heterocycles. The van der Waals surface area contributed by atoms with Crippen LogP contribution in [-0.4, -0.2) is 50.9 Å². The molecule has 3 heterocycles. The highest BCUT2D eigenvalue weighted by molar-refractivity contribution is 8.13. The molecule has 2 amide bonds. The number of likely N-dealkylation sites (tertiary alicyclic amines) is 1. The van der Waals surface area contributed by atoms with Crippen LogP contribution in [0.5, 0.6) is 0 Å². The lowest BCUT2D eigenvalue weighted by Crippen LogP contribution is -2.42. The predicted octanol–water partition coefficient (Wildman–Crippen LogP) is 2.64. The third kappa shape index (κ3) is 3.16. The van der Waals surface area contributed by atoms with Crippen LogP contribution < -0.4 is 0 Å². The molecule has 120 valence electrons. The molecular formula is C16H23N3O2S. The molecule has 1 aromatic heterocycles. The highest BCUT2D eigenvalue weighted by Crippen LogP contribution is 2.30. The van der Waals surface area contributed by atoms with Gasteiger partial charge in [-0.15, -0.1) is 0 Å². The minimum absolute atomic E-state index is 0.0404. The Hall–Kier alpha value is -1.43. The Morgan fingerprint density at radius 3 is 2.86 bits per heavy atom. The van der Waals surface area contributed by atoms with Crippen LogP contribution in [0, 0.1) is 0 Å². The zero-order chi connectivity index (χ0) is 15.5. The van der Waals surface area contributed by atoms with Crippen molar-refractivity contribution in [2.24, 2.45) is 7.05 Å². The van der Waals surface area contributed by atoms with E-state index in [1.165, 1.54) is 23.9 Å². The summed E-state index contributed by atoms with van der Waals surface area (Å²) in [6.07, 6.45) is 6.41. The van der Waals surface area contributed by atoms with Gasteiger partial charge in [0.2, 0.25) is 5.91 Å². The van der Waals surface area contributed by atoms with Crippen LogP contribution in [-0.2, 0) is 11.8 Å². The van der Waals surface area contributed by atoms with Crippen molar-refractivity contribution in [3.8, 4) is 0 Å². The first-order valence-electron chi connectivity index (χ1n) is 7.99. The van der Waals surface area contributed by atoms with E-state index in [-0.39, 0.29) is 23.7 Å². The predicted molar refractivity (Wildman–Crippen MR) is 87.8 cm³/mol. The monoisotopic (exact) mass is 321 g/mol. The Morgan fingerprint density at radius 2 is 2.18 bits per heavy atom. The largest absolute Gasteiger partial charge is 0.353 e. The van der Waals surface area contributed by atoms with Crippen LogP contribution >= 0.6 is 11.8 Å². The number of thioether (sulfide) groups is 1. The van der Waals surface area contributed by atoms with E-state index in [9.17, 15) is 9.59 Å². The van der Waals surface area contributed by atoms with E-state index in [1.807, 2.05) is 24.2 Å². The van der Waals surface area contributed by atoms with Gasteiger partial charge in [0.05, 0.1) is 6.04 Å². The molecule has 0 aromatic carbocycles. The first-order chi connectivity index (χ1) is 10.7. The summed E-state index contributed by atoms with van der Waals surface area (Å²) in [5, 5.41) is 0.0404. The highest BCUT2D eigenvalue weighted by atomic mass is 32.2. The van der Waals surface area contributed by atoms with Gasteiger partial charge in [-0.25, -0.2) is 0 Å². The van der Waals surface area contributed by atoms with E-state index >= 15 is 0 Å². The molecule has 1 atom stereocenters. The Balaban J connectivity index is 1.76. The summed E-state index contributed by atoms with van der Waals surface area (Å²) < 4.78 is 2.10. The van der Waals surface area contributed by atoms with Crippen molar-refractivity contribution < 1.29 is 9.59 Å². The summed E-state index contributed by atoms with van der Waals surface area (Å²) in [6.45, 7) is 1.72. The maximum Gasteiger partial charge on any atom is 0.282 e. The number of hydrogen-bond acceptors (Lipinski definition) is 3. The van der Waals surface area contributed by atoms with E-state index < -0.39 is 0 Å². The summed E-state index contributed by atoms with van der Waals surface area (Å²) in [5.74, 6) is 0.886. The second-order valence-electron chi connectivity index (χ2n) is 6.03. The van der Waals surface area contributed by atoms with Crippen molar-refractivity contribution in [3.05, 3.63) is 24.0 Å². The Bertz CT molecular complexity index is 557. The van der Waals surface area contributed by atoms with Crippen molar-refractivity contribution in [2.45, 2.75) is 31.7 Å². The van der Waals surface area contributed by atoms with Crippen LogP contribution in [0.4, 0.5) is 4.79 Å². The first kappa shape index (κ1) is 15.5. The number of rotatable bonds is 3. The summed E-state index contributed by atoms with van der Waals surface area (Å²) in [6, 6.07) is 4.27. The fourth-order valence-electron chi connectivity index (χ4n) is 3.36. The van der Waals surface area contributed by atoms with Gasteiger partial charge in [-0.2, -0.15) is 0 Å². The number of nitrogens with zero attached hydrogens (tertiary/aromatic N) is 3. The molecule has 0 aliphatic carbocycles. The molecule has 0 spiro atoms. The van der Waals surface area contributed by atoms with Crippen molar-refractivity contribution >= 4 is 22.9 Å². The van der Waals surface area contributed by atoms with E-state index in [0.717, 1.165) is 31.6 Å². The lowest BCUT2D eigenvalue weighted by molar-refractivity contribution is -0.134. The quantitative estimate of drug-likeness (QED) is 0.860. The zero-order valence-electron chi connectivity index (χ0n) is 13.0. The minimum atomic E-state index is 0.0404. The first-order valence-corrected chi connectivity index (χ1v) is 8.98. The smallest absolute Gasteiger partial charge is 0.282 e. The van der Waals surface area contributed by atoms with Gasteiger partial charge < -0.3 is 14.4 Å². The maximum absolute atomic E-state index is 12.8. The van der Waals surface area contributed by atoms with Gasteiger partial charge in [0.1, 0.15) is 6.54 Å². The van der Waals surface area contributed by atoms with Gasteiger partial charge in [-0.05, 0) is 25.0 Å². The van der Waals surface area contributed by atoms with Crippen LogP contribution in [0.1, 0.15) is 37.4 Å². The third-order valence-electron chi connectivity index (χ3n) is 4.57. The summed E-state index contributed by atoms with van der Waals surface area (Å²) in [7, 11) is 2.03. The molecule has 2 aliphatic rings. The molecule has 1 aromatic rings. The lowest BCUT2D eigenvalue weighted by atomic mass is 10.1. The number of hydrogen-bond donors (Lipinski definition) is 0. The van der Waals surface area contributed by atoms with Crippen molar-refractivity contribution in [3.63, 3.8) is 0 Å². The molecule has 0 saturated carbocycles. The average molecular weight is 321 g/mol. The number of aryl methyl sites for hydroxylation is 1. The molecule has 3 rings (SSSR count). The maximum atomic E-state index is 12.8. The van der Waals surface area contributed by atoms with E-state index in [1.54, 1.807) is 4.90 Å². The van der Waals surface area contributed by atoms with Crippen LogP contribution in [0.3, 0.4) is 0 Å². The fourth-order valence-corrected chi connectivity index (χ4v) is 4.18. The Morgan fingerprint density at radius 1 is 1.32 bits per heavy atom. The van der Waals surface area contributed by atoms with Gasteiger partial charge in [0, 0.05) is 37.8 Å². The van der Waals surface area contributed by atoms with Crippen LogP contribution in [0.15, 0.2) is 18.3 Å². The van der Waals surface area contributed by atoms with Gasteiger partial charge in [0.15, 0.2) is 0 Å². The molecule has 0 N–H and O–H groups in total. The van der Waals surface area contributed by atoms with Gasteiger partial charge in [-0.1, -0.05) is 24.6 Å². The summed E-state index contributed by atoms with van der Waals surface area (Å²) >= 11 is 1.31. The fraction of sp³-hybridized carbons (Fsp3) is 0.625. The second-order valence-corrected chi connectivity index (χ2v) is 7.08. The third-order valence-corrected chi connectivity index (χ3v) is 5.46. The molecular weight excluding hydrogens is 298 g/mol. The molecule has 22 heavy (non-hydrogen) atoms. The second kappa shape index (κ2) is 6.77. The van der Waals surface area contributed by atoms with Gasteiger partial charge in [0.25, 0.3) is 5.24 Å². The van der Waals surface area contributed by atoms with Crippen molar-refractivity contribution in [2.75, 3.05) is 25.4 Å². The molecule has 2 fully saturated rings. The number of carbonyl (C=O) groups is 2. The summed E-state index contributed by atoms with van der Waals surface area (Å²) in [4.78, 5) is 28.2. The molecule has 0 bridgehead atoms. The standard InChI is InChI=1S/C16H23N3O2S/c1-17-8-5-7-13(17)14-6-3-2-4-9-19(14)15(20)12-18-10-11-22-16(18)21/h5,7-8,14H,2-4,6,9-12H2,1H3. The van der Waals surface area contributed by atoms with E-state index in [0.29, 0.717) is 6.54 Å². The highest BCUT2D eigenvalue weighted by Gasteiger charge is 2.31. The normalized spacial score (nSPS) is 23.0. The lowest BCUT2D eigenvalue weighted by Gasteiger charge is -2.32. The molecule has 5 nitrogen and oxygen atoms in total. The summed E-state index contributed by atoms with van der Waals surface area (Å²) in [5.41, 5.74) is 1.19. The number of aromatic nitrogens is 1. The topological polar surface area (TPSA) is 45.6 Å². The van der Waals surface area contributed by atoms with Crippen molar-refractivity contribution in [1.29, 1.82) is 0 Å². The van der Waals surface area contributed by atoms with Gasteiger partial charge in [-0.3, -0.25) is 9.59 Å². The van der Waals surface area contributed by atoms with Gasteiger partial charge >= 0.3 is 0 Å². The molecule has 1 unspecified atom stereocenters. The molecule has 0 radical (unpaired) electrons. The zero-order valence-corrected chi connectivity index (χ0v) is 13.8. The molecule has 6 heteroatoms.